The van der Waals surface area contributed by atoms with Gasteiger partial charge in [0.2, 0.25) is 0 Å². The van der Waals surface area contributed by atoms with Crippen LogP contribution in [0.15, 0.2) is 11.6 Å². The zero-order valence-electron chi connectivity index (χ0n) is 8.15. The molecule has 3 nitrogen and oxygen atoms in total. The first kappa shape index (κ1) is 9.71. The van der Waals surface area contributed by atoms with Crippen molar-refractivity contribution in [2.24, 2.45) is 11.8 Å². The lowest BCUT2D eigenvalue weighted by molar-refractivity contribution is -0.143. The number of fused-ring (bicyclic) bond motifs is 1. The normalized spacial score (nSPS) is 37.2. The van der Waals surface area contributed by atoms with Crippen LogP contribution in [0.5, 0.6) is 0 Å². The Morgan fingerprint density at radius 1 is 1.36 bits per heavy atom. The predicted octanol–water partition coefficient (Wildman–Crippen LogP) is 1.57. The van der Waals surface area contributed by atoms with E-state index in [-0.39, 0.29) is 11.8 Å². The first-order valence-corrected chi connectivity index (χ1v) is 5.30. The Labute approximate surface area is 83.4 Å². The first-order chi connectivity index (χ1) is 6.68. The standard InChI is InChI=1S/C11H16O3/c12-8-4-5-10(11(13)14)9-3-1-2-7(9)6-8/h6,8-10,12H,1-5H2,(H,13,14). The minimum absolute atomic E-state index is 0.199. The van der Waals surface area contributed by atoms with E-state index < -0.39 is 12.1 Å². The highest BCUT2D eigenvalue weighted by Crippen LogP contribution is 2.41. The number of hydrogen-bond acceptors (Lipinski definition) is 2. The average molecular weight is 196 g/mol. The van der Waals surface area contributed by atoms with Crippen LogP contribution in [0, 0.1) is 11.8 Å². The average Bonchev–Trinajstić information content (AvgIpc) is 2.47. The molecule has 0 bridgehead atoms. The number of aliphatic hydroxyl groups excluding tert-OH is 1. The van der Waals surface area contributed by atoms with E-state index in [1.807, 2.05) is 6.08 Å². The number of carboxylic acid groups (broad SMARTS) is 1. The summed E-state index contributed by atoms with van der Waals surface area (Å²) >= 11 is 0. The van der Waals surface area contributed by atoms with Gasteiger partial charge in [-0.1, -0.05) is 11.6 Å². The van der Waals surface area contributed by atoms with Crippen LogP contribution in [0.4, 0.5) is 0 Å². The lowest BCUT2D eigenvalue weighted by Crippen LogP contribution is -2.22. The van der Waals surface area contributed by atoms with Gasteiger partial charge < -0.3 is 10.2 Å². The fourth-order valence-electron chi connectivity index (χ4n) is 2.74. The molecule has 1 saturated carbocycles. The minimum Gasteiger partial charge on any atom is -0.481 e. The molecule has 2 aliphatic carbocycles. The van der Waals surface area contributed by atoms with Crippen molar-refractivity contribution in [3.63, 3.8) is 0 Å². The van der Waals surface area contributed by atoms with Crippen LogP contribution in [-0.2, 0) is 4.79 Å². The Morgan fingerprint density at radius 2 is 2.14 bits per heavy atom. The van der Waals surface area contributed by atoms with Crippen molar-refractivity contribution in [3.05, 3.63) is 11.6 Å². The molecule has 0 aromatic rings. The topological polar surface area (TPSA) is 57.5 Å². The fraction of sp³-hybridized carbons (Fsp3) is 0.727. The molecule has 0 saturated heterocycles. The van der Waals surface area contributed by atoms with Crippen LogP contribution < -0.4 is 0 Å². The number of aliphatic carboxylic acids is 1. The third kappa shape index (κ3) is 1.69. The van der Waals surface area contributed by atoms with E-state index in [0.717, 1.165) is 19.3 Å². The van der Waals surface area contributed by atoms with Crippen LogP contribution in [0.25, 0.3) is 0 Å². The smallest absolute Gasteiger partial charge is 0.307 e. The van der Waals surface area contributed by atoms with Crippen molar-refractivity contribution >= 4 is 5.97 Å². The number of allylic oxidation sites excluding steroid dienone is 1. The largest absolute Gasteiger partial charge is 0.481 e. The molecule has 1 fully saturated rings. The van der Waals surface area contributed by atoms with Crippen LogP contribution in [-0.4, -0.2) is 22.3 Å². The van der Waals surface area contributed by atoms with Crippen LogP contribution in [0.2, 0.25) is 0 Å². The van der Waals surface area contributed by atoms with Crippen molar-refractivity contribution in [2.75, 3.05) is 0 Å². The number of rotatable bonds is 1. The molecular weight excluding hydrogens is 180 g/mol. The van der Waals surface area contributed by atoms with E-state index in [4.69, 9.17) is 5.11 Å². The van der Waals surface area contributed by atoms with E-state index >= 15 is 0 Å². The molecule has 2 N–H and O–H groups in total. The highest BCUT2D eigenvalue weighted by molar-refractivity contribution is 5.71. The predicted molar refractivity (Wildman–Crippen MR) is 51.8 cm³/mol. The first-order valence-electron chi connectivity index (χ1n) is 5.30. The lowest BCUT2D eigenvalue weighted by Gasteiger charge is -2.18. The summed E-state index contributed by atoms with van der Waals surface area (Å²) < 4.78 is 0. The molecule has 3 unspecified atom stereocenters. The number of carboxylic acids is 1. The van der Waals surface area contributed by atoms with E-state index in [1.165, 1.54) is 5.57 Å². The van der Waals surface area contributed by atoms with Gasteiger partial charge in [0.15, 0.2) is 0 Å². The molecule has 0 aliphatic heterocycles. The lowest BCUT2D eigenvalue weighted by atomic mass is 9.86. The summed E-state index contributed by atoms with van der Waals surface area (Å²) in [6.07, 6.45) is 5.71. The van der Waals surface area contributed by atoms with Crippen molar-refractivity contribution in [2.45, 2.75) is 38.2 Å². The second-order valence-corrected chi connectivity index (χ2v) is 4.33. The van der Waals surface area contributed by atoms with Gasteiger partial charge in [-0.25, -0.2) is 0 Å². The van der Waals surface area contributed by atoms with E-state index in [0.29, 0.717) is 12.8 Å². The molecule has 78 valence electrons. The van der Waals surface area contributed by atoms with Crippen LogP contribution in [0.1, 0.15) is 32.1 Å². The molecule has 14 heavy (non-hydrogen) atoms. The highest BCUT2D eigenvalue weighted by Gasteiger charge is 2.35. The Bertz CT molecular complexity index is 270. The van der Waals surface area contributed by atoms with Crippen molar-refractivity contribution in [3.8, 4) is 0 Å². The maximum absolute atomic E-state index is 11.0. The summed E-state index contributed by atoms with van der Waals surface area (Å²) in [5.41, 5.74) is 1.18. The Kier molecular flexibility index (Phi) is 2.59. The molecule has 2 rings (SSSR count). The second-order valence-electron chi connectivity index (χ2n) is 4.33. The van der Waals surface area contributed by atoms with Gasteiger partial charge in [0.05, 0.1) is 12.0 Å². The molecule has 0 aromatic heterocycles. The molecule has 2 aliphatic rings. The number of carbonyl (C=O) groups is 1. The third-order valence-electron chi connectivity index (χ3n) is 3.44. The fourth-order valence-corrected chi connectivity index (χ4v) is 2.74. The minimum atomic E-state index is -0.697. The monoisotopic (exact) mass is 196 g/mol. The molecule has 3 heteroatoms. The summed E-state index contributed by atoms with van der Waals surface area (Å²) in [6, 6.07) is 0. The van der Waals surface area contributed by atoms with Gasteiger partial charge in [0, 0.05) is 0 Å². The van der Waals surface area contributed by atoms with Crippen LogP contribution in [0.3, 0.4) is 0 Å². The Hall–Kier alpha value is -0.830. The van der Waals surface area contributed by atoms with E-state index in [2.05, 4.69) is 0 Å². The molecule has 0 radical (unpaired) electrons. The summed E-state index contributed by atoms with van der Waals surface area (Å²) in [6.45, 7) is 0. The van der Waals surface area contributed by atoms with Gasteiger partial charge in [0.25, 0.3) is 0 Å². The highest BCUT2D eigenvalue weighted by atomic mass is 16.4. The zero-order chi connectivity index (χ0) is 10.1. The van der Waals surface area contributed by atoms with Gasteiger partial charge in [-0.15, -0.1) is 0 Å². The summed E-state index contributed by atoms with van der Waals surface area (Å²) in [4.78, 5) is 11.0. The summed E-state index contributed by atoms with van der Waals surface area (Å²) in [7, 11) is 0. The van der Waals surface area contributed by atoms with Crippen LogP contribution >= 0.6 is 0 Å². The maximum Gasteiger partial charge on any atom is 0.307 e. The quantitative estimate of drug-likeness (QED) is 0.626. The van der Waals surface area contributed by atoms with Gasteiger partial charge in [-0.3, -0.25) is 4.79 Å². The van der Waals surface area contributed by atoms with Crippen molar-refractivity contribution in [1.29, 1.82) is 0 Å². The van der Waals surface area contributed by atoms with Gasteiger partial charge in [-0.05, 0) is 38.0 Å². The Balaban J connectivity index is 2.23. The molecule has 0 aromatic carbocycles. The van der Waals surface area contributed by atoms with E-state index in [1.54, 1.807) is 0 Å². The van der Waals surface area contributed by atoms with Gasteiger partial charge >= 0.3 is 5.97 Å². The number of aliphatic hydroxyl groups is 1. The molecule has 0 heterocycles. The second kappa shape index (κ2) is 3.73. The maximum atomic E-state index is 11.0. The molecule has 0 spiro atoms. The number of hydrogen-bond donors (Lipinski definition) is 2. The molecule has 0 amide bonds. The SMILES string of the molecule is O=C(O)C1CCC(O)C=C2CCCC21. The molecular formula is C11H16O3. The summed E-state index contributed by atoms with van der Waals surface area (Å²) in [5.74, 6) is -0.762. The van der Waals surface area contributed by atoms with Crippen molar-refractivity contribution < 1.29 is 15.0 Å². The van der Waals surface area contributed by atoms with E-state index in [9.17, 15) is 9.90 Å². The van der Waals surface area contributed by atoms with Gasteiger partial charge in [-0.2, -0.15) is 0 Å². The summed E-state index contributed by atoms with van der Waals surface area (Å²) in [5, 5.41) is 18.7. The van der Waals surface area contributed by atoms with Crippen molar-refractivity contribution in [1.82, 2.24) is 0 Å². The zero-order valence-corrected chi connectivity index (χ0v) is 8.15. The van der Waals surface area contributed by atoms with Gasteiger partial charge in [0.1, 0.15) is 0 Å². The Morgan fingerprint density at radius 3 is 2.86 bits per heavy atom. The third-order valence-corrected chi connectivity index (χ3v) is 3.44. The molecule has 3 atom stereocenters.